The van der Waals surface area contributed by atoms with Crippen LogP contribution in [0.1, 0.15) is 33.2 Å². The van der Waals surface area contributed by atoms with Crippen molar-refractivity contribution >= 4 is 88.3 Å². The van der Waals surface area contributed by atoms with Gasteiger partial charge in [0.05, 0.1) is 44.6 Å². The minimum absolute atomic E-state index is 0.230. The largest absolute Gasteiger partial charge is 0.457 e. The van der Waals surface area contributed by atoms with Gasteiger partial charge in [0.1, 0.15) is 24.0 Å². The molecule has 7 aromatic carbocycles. The highest BCUT2D eigenvalue weighted by atomic mass is 16.5. The maximum atomic E-state index is 8.96. The van der Waals surface area contributed by atoms with Crippen molar-refractivity contribution in [1.82, 2.24) is 23.7 Å². The van der Waals surface area contributed by atoms with Crippen LogP contribution in [-0.2, 0) is 19.4 Å². The molecular weight excluding hydrogens is 811 g/mol. The molecule has 318 valence electrons. The number of ether oxygens (including phenoxy) is 1. The molecule has 0 unspecified atom stereocenters. The van der Waals surface area contributed by atoms with E-state index < -0.39 is 14.0 Å². The van der Waals surface area contributed by atoms with Crippen molar-refractivity contribution in [3.05, 3.63) is 199 Å². The first-order chi connectivity index (χ1) is 34.8. The first kappa shape index (κ1) is 32.3. The fourth-order valence-electron chi connectivity index (χ4n) is 10.4. The Balaban J connectivity index is 0.936. The van der Waals surface area contributed by atoms with Crippen molar-refractivity contribution in [3.8, 4) is 17.3 Å². The van der Waals surface area contributed by atoms with Crippen molar-refractivity contribution in [1.29, 1.82) is 0 Å². The zero-order chi connectivity index (χ0) is 49.3. The minimum atomic E-state index is -2.61. The van der Waals surface area contributed by atoms with Crippen LogP contribution in [0.15, 0.2) is 188 Å². The molecule has 6 heterocycles. The molecule has 0 aliphatic carbocycles. The van der Waals surface area contributed by atoms with Gasteiger partial charge in [-0.3, -0.25) is 9.55 Å². The molecule has 5 aromatic heterocycles. The number of anilines is 4. The average Bonchev–Trinajstić information content (AvgIpc) is 4.13. The number of hydrogen-bond acceptors (Lipinski definition) is 5. The molecule has 13 rings (SSSR count). The number of pyridine rings is 2. The Hall–Kier alpha value is -8.36. The zero-order valence-corrected chi connectivity index (χ0v) is 36.1. The van der Waals surface area contributed by atoms with Gasteiger partial charge in [-0.05, 0) is 90.0 Å². The van der Waals surface area contributed by atoms with E-state index in [0.29, 0.717) is 39.3 Å². The van der Waals surface area contributed by atoms with Crippen molar-refractivity contribution in [3.63, 3.8) is 0 Å². The summed E-state index contributed by atoms with van der Waals surface area (Å²) < 4.78 is 65.5. The molecule has 8 nitrogen and oxygen atoms in total. The van der Waals surface area contributed by atoms with Gasteiger partial charge >= 0.3 is 0 Å². The van der Waals surface area contributed by atoms with Gasteiger partial charge in [-0.1, -0.05) is 98.8 Å². The number of aromatic nitrogens is 5. The number of para-hydroxylation sites is 4. The Morgan fingerprint density at radius 3 is 1.91 bits per heavy atom. The van der Waals surface area contributed by atoms with E-state index in [4.69, 9.17) is 22.9 Å². The van der Waals surface area contributed by atoms with Crippen LogP contribution in [-0.4, -0.2) is 30.3 Å². The van der Waals surface area contributed by atoms with E-state index in [1.807, 2.05) is 146 Å². The smallest absolute Gasteiger partial charge is 0.137 e. The standard InChI is InChI=1S/C58H45N7O/c1-58(2,37-16-6-5-7-17-37)38-29-31-59-53(32-38)65-51-26-15-30-60-54(51)44-28-27-41(34-52(44)65)66-40-19-14-18-39(33-40)63-36-64(50-25-13-12-24-49(50)63)57-55-45(42-20-8-10-22-47(42)61(55)3)35-46-43-21-9-11-23-48(43)62(4)56(46)57/h5-35H,36H2,1-4H3/i3D3,4D3. The van der Waals surface area contributed by atoms with Gasteiger partial charge in [0.25, 0.3) is 0 Å². The monoisotopic (exact) mass is 861 g/mol. The molecule has 0 fully saturated rings. The Morgan fingerprint density at radius 2 is 1.17 bits per heavy atom. The zero-order valence-electron chi connectivity index (χ0n) is 42.1. The molecule has 1 aliphatic rings. The second kappa shape index (κ2) is 14.3. The van der Waals surface area contributed by atoms with Crippen LogP contribution in [0.4, 0.5) is 22.7 Å². The predicted molar refractivity (Wildman–Crippen MR) is 271 cm³/mol. The molecule has 0 saturated heterocycles. The lowest BCUT2D eigenvalue weighted by Crippen LogP contribution is -2.25. The maximum Gasteiger partial charge on any atom is 0.137 e. The topological polar surface area (TPSA) is 56.3 Å². The van der Waals surface area contributed by atoms with E-state index in [1.54, 1.807) is 0 Å². The number of nitrogens with zero attached hydrogens (tertiary/aromatic N) is 7. The summed E-state index contributed by atoms with van der Waals surface area (Å²) >= 11 is 0. The fraction of sp³-hybridized carbons (Fsp3) is 0.103. The van der Waals surface area contributed by atoms with Gasteiger partial charge in [-0.15, -0.1) is 0 Å². The SMILES string of the molecule is [2H]C([2H])([2H])n1c2ccccc2c2cc3c4ccccc4n(C([2H])([2H])[2H])c3c(N3CN(c4cccc(Oc5ccc6c7ncccc7n(-c7cc(C(C)(C)c8ccccc8)ccn7)c6c5)c4)c4ccccc43)c21. The predicted octanol–water partition coefficient (Wildman–Crippen LogP) is 14.2. The van der Waals surface area contributed by atoms with Crippen molar-refractivity contribution in [2.75, 3.05) is 16.5 Å². The third kappa shape index (κ3) is 5.57. The van der Waals surface area contributed by atoms with Crippen LogP contribution in [0, 0.1) is 0 Å². The third-order valence-corrected chi connectivity index (χ3v) is 13.6. The Kier molecular flexibility index (Phi) is 7.01. The highest BCUT2D eigenvalue weighted by Gasteiger charge is 2.33. The molecular formula is C58H45N7O. The van der Waals surface area contributed by atoms with Crippen molar-refractivity contribution < 1.29 is 13.0 Å². The van der Waals surface area contributed by atoms with Gasteiger partial charge < -0.3 is 23.7 Å². The van der Waals surface area contributed by atoms with Gasteiger partial charge in [-0.25, -0.2) is 4.98 Å². The third-order valence-electron chi connectivity index (χ3n) is 13.6. The molecule has 1 aliphatic heterocycles. The second-order valence-corrected chi connectivity index (χ2v) is 17.6. The summed E-state index contributed by atoms with van der Waals surface area (Å²) in [6.45, 7) is -0.536. The van der Waals surface area contributed by atoms with Gasteiger partial charge in [0.2, 0.25) is 0 Å². The van der Waals surface area contributed by atoms with Crippen LogP contribution < -0.4 is 14.5 Å². The lowest BCUT2D eigenvalue weighted by Gasteiger charge is -2.26. The summed E-state index contributed by atoms with van der Waals surface area (Å²) in [7, 11) is 0. The Morgan fingerprint density at radius 1 is 0.500 bits per heavy atom. The molecule has 0 spiro atoms. The molecule has 0 saturated carbocycles. The second-order valence-electron chi connectivity index (χ2n) is 17.6. The van der Waals surface area contributed by atoms with Gasteiger partial charge in [-0.2, -0.15) is 0 Å². The lowest BCUT2D eigenvalue weighted by atomic mass is 9.78. The number of aryl methyl sites for hydroxylation is 2. The van der Waals surface area contributed by atoms with E-state index in [2.05, 4.69) is 70.7 Å². The van der Waals surface area contributed by atoms with E-state index in [1.165, 1.54) is 14.7 Å². The normalized spacial score (nSPS) is 14.8. The molecule has 8 heteroatoms. The molecule has 0 radical (unpaired) electrons. The quantitative estimate of drug-likeness (QED) is 0.160. The summed E-state index contributed by atoms with van der Waals surface area (Å²) in [5.41, 5.74) is 9.62. The first-order valence-corrected chi connectivity index (χ1v) is 22.1. The number of fused-ring (bicyclic) bond motifs is 10. The first-order valence-electron chi connectivity index (χ1n) is 25.1. The Bertz CT molecular complexity index is 4050. The number of hydrogen-bond donors (Lipinski definition) is 0. The van der Waals surface area contributed by atoms with E-state index in [9.17, 15) is 0 Å². The molecule has 0 amide bonds. The fourth-order valence-corrected chi connectivity index (χ4v) is 10.4. The summed E-state index contributed by atoms with van der Waals surface area (Å²) in [6.07, 6.45) is 3.68. The number of rotatable bonds is 7. The van der Waals surface area contributed by atoms with Crippen LogP contribution in [0.25, 0.3) is 71.4 Å². The molecule has 12 aromatic rings. The highest BCUT2D eigenvalue weighted by Crippen LogP contribution is 2.51. The van der Waals surface area contributed by atoms with Gasteiger partial charge in [0.15, 0.2) is 0 Å². The number of benzene rings is 7. The summed E-state index contributed by atoms with van der Waals surface area (Å²) in [5, 5.41) is 3.93. The van der Waals surface area contributed by atoms with Crippen LogP contribution >= 0.6 is 0 Å². The summed E-state index contributed by atoms with van der Waals surface area (Å²) in [5.74, 6) is 1.99. The molecule has 66 heavy (non-hydrogen) atoms. The molecule has 0 atom stereocenters. The van der Waals surface area contributed by atoms with Crippen LogP contribution in [0.5, 0.6) is 11.5 Å². The highest BCUT2D eigenvalue weighted by molar-refractivity contribution is 6.25. The summed E-state index contributed by atoms with van der Waals surface area (Å²) in [6, 6.07) is 57.6. The lowest BCUT2D eigenvalue weighted by molar-refractivity contribution is 0.483. The van der Waals surface area contributed by atoms with Crippen molar-refractivity contribution in [2.45, 2.75) is 19.3 Å². The molecule has 0 bridgehead atoms. The van der Waals surface area contributed by atoms with Gasteiger partial charge in [0, 0.05) is 95.8 Å². The maximum absolute atomic E-state index is 8.96. The molecule has 0 N–H and O–H groups in total. The van der Waals surface area contributed by atoms with Crippen LogP contribution in [0.2, 0.25) is 0 Å². The van der Waals surface area contributed by atoms with Crippen molar-refractivity contribution in [2.24, 2.45) is 14.0 Å². The Labute approximate surface area is 390 Å². The van der Waals surface area contributed by atoms with E-state index in [0.717, 1.165) is 71.9 Å². The summed E-state index contributed by atoms with van der Waals surface area (Å²) in [4.78, 5) is 14.0. The van der Waals surface area contributed by atoms with Crippen LogP contribution in [0.3, 0.4) is 0 Å². The van der Waals surface area contributed by atoms with E-state index >= 15 is 0 Å². The minimum Gasteiger partial charge on any atom is -0.457 e. The average molecular weight is 862 g/mol. The van der Waals surface area contributed by atoms with E-state index in [-0.39, 0.29) is 12.1 Å².